The normalized spacial score (nSPS) is 12.3. The standard InChI is InChI=1S/C19H10N2O2/c1-3-7-12-10(5-1)14-17(21-12)19-15(16-18(14)22-9-20-16)11-6-2-4-8-13(11)23-19/h1-9,21H. The molecule has 4 heteroatoms. The third-order valence-corrected chi connectivity index (χ3v) is 4.56. The number of aromatic amines is 1. The number of hydrogen-bond acceptors (Lipinski definition) is 3. The largest absolute Gasteiger partial charge is 0.454 e. The van der Waals surface area contributed by atoms with E-state index in [4.69, 9.17) is 8.83 Å². The van der Waals surface area contributed by atoms with Gasteiger partial charge in [0.25, 0.3) is 0 Å². The fourth-order valence-corrected chi connectivity index (χ4v) is 3.61. The van der Waals surface area contributed by atoms with E-state index in [9.17, 15) is 0 Å². The number of furan rings is 1. The molecule has 0 bridgehead atoms. The fourth-order valence-electron chi connectivity index (χ4n) is 3.61. The summed E-state index contributed by atoms with van der Waals surface area (Å²) in [4.78, 5) is 7.95. The van der Waals surface area contributed by atoms with Crippen LogP contribution in [-0.2, 0) is 0 Å². The number of benzene rings is 3. The van der Waals surface area contributed by atoms with E-state index >= 15 is 0 Å². The van der Waals surface area contributed by atoms with Crippen molar-refractivity contribution in [2.75, 3.05) is 0 Å². The van der Waals surface area contributed by atoms with Crippen molar-refractivity contribution in [2.45, 2.75) is 0 Å². The van der Waals surface area contributed by atoms with Crippen LogP contribution < -0.4 is 0 Å². The predicted molar refractivity (Wildman–Crippen MR) is 90.6 cm³/mol. The zero-order valence-corrected chi connectivity index (χ0v) is 12.0. The molecule has 0 aliphatic rings. The molecule has 0 saturated heterocycles. The van der Waals surface area contributed by atoms with Crippen molar-refractivity contribution >= 4 is 54.8 Å². The van der Waals surface area contributed by atoms with Gasteiger partial charge in [-0.2, -0.15) is 0 Å². The van der Waals surface area contributed by atoms with Gasteiger partial charge in [0.1, 0.15) is 11.1 Å². The van der Waals surface area contributed by atoms with Crippen LogP contribution in [0.2, 0.25) is 0 Å². The first-order chi connectivity index (χ1) is 11.4. The average molecular weight is 298 g/mol. The van der Waals surface area contributed by atoms with Gasteiger partial charge in [-0.3, -0.25) is 0 Å². The van der Waals surface area contributed by atoms with Gasteiger partial charge in [-0.25, -0.2) is 4.98 Å². The molecule has 23 heavy (non-hydrogen) atoms. The van der Waals surface area contributed by atoms with E-state index in [0.717, 1.165) is 54.8 Å². The molecule has 0 atom stereocenters. The minimum atomic E-state index is 0.802. The predicted octanol–water partition coefficient (Wildman–Crippen LogP) is 5.36. The van der Waals surface area contributed by atoms with Gasteiger partial charge in [0, 0.05) is 16.3 Å². The molecule has 0 spiro atoms. The molecule has 3 aromatic heterocycles. The maximum atomic E-state index is 6.16. The Morgan fingerprint density at radius 1 is 0.826 bits per heavy atom. The van der Waals surface area contributed by atoms with Crippen molar-refractivity contribution < 1.29 is 8.83 Å². The van der Waals surface area contributed by atoms with Crippen molar-refractivity contribution in [3.05, 3.63) is 54.9 Å². The molecule has 108 valence electrons. The summed E-state index contributed by atoms with van der Waals surface area (Å²) in [5.74, 6) is 0. The first-order valence-electron chi connectivity index (χ1n) is 7.48. The van der Waals surface area contributed by atoms with Crippen LogP contribution >= 0.6 is 0 Å². The van der Waals surface area contributed by atoms with Crippen molar-refractivity contribution in [1.82, 2.24) is 9.97 Å². The van der Waals surface area contributed by atoms with Crippen LogP contribution in [0, 0.1) is 0 Å². The van der Waals surface area contributed by atoms with Crippen LogP contribution in [0.3, 0.4) is 0 Å². The Morgan fingerprint density at radius 2 is 1.65 bits per heavy atom. The SMILES string of the molecule is c1ccc2c(c1)[nH]c1c3oc4ccccc4c3c3ncoc3c21. The van der Waals surface area contributed by atoms with Gasteiger partial charge < -0.3 is 13.8 Å². The molecule has 3 aromatic carbocycles. The second-order valence-electron chi connectivity index (χ2n) is 5.75. The lowest BCUT2D eigenvalue weighted by Gasteiger charge is -1.95. The molecule has 0 aliphatic heterocycles. The number of para-hydroxylation sites is 2. The quantitative estimate of drug-likeness (QED) is 0.410. The maximum Gasteiger partial charge on any atom is 0.182 e. The van der Waals surface area contributed by atoms with Gasteiger partial charge in [-0.15, -0.1) is 0 Å². The highest BCUT2D eigenvalue weighted by molar-refractivity contribution is 6.32. The van der Waals surface area contributed by atoms with Crippen LogP contribution in [0.1, 0.15) is 0 Å². The number of oxazole rings is 1. The first kappa shape index (κ1) is 11.3. The average Bonchev–Trinajstić information content (AvgIpc) is 3.28. The van der Waals surface area contributed by atoms with Gasteiger partial charge in [0.05, 0.1) is 16.3 Å². The topological polar surface area (TPSA) is 55.0 Å². The lowest BCUT2D eigenvalue weighted by molar-refractivity contribution is 0.605. The van der Waals surface area contributed by atoms with Gasteiger partial charge in [0.15, 0.2) is 17.6 Å². The van der Waals surface area contributed by atoms with Crippen LogP contribution in [-0.4, -0.2) is 9.97 Å². The number of fused-ring (bicyclic) bond motifs is 10. The second kappa shape index (κ2) is 3.73. The zero-order chi connectivity index (χ0) is 15.0. The molecule has 0 amide bonds. The summed E-state index contributed by atoms with van der Waals surface area (Å²) < 4.78 is 11.9. The first-order valence-corrected chi connectivity index (χ1v) is 7.48. The lowest BCUT2D eigenvalue weighted by Crippen LogP contribution is -1.75. The van der Waals surface area contributed by atoms with E-state index in [0.29, 0.717) is 0 Å². The van der Waals surface area contributed by atoms with E-state index in [-0.39, 0.29) is 0 Å². The molecular weight excluding hydrogens is 288 g/mol. The summed E-state index contributed by atoms with van der Waals surface area (Å²) in [5, 5.41) is 4.21. The third kappa shape index (κ3) is 1.25. The Hall–Kier alpha value is -3.27. The Bertz CT molecular complexity index is 1260. The Balaban J connectivity index is 2.07. The monoisotopic (exact) mass is 298 g/mol. The van der Waals surface area contributed by atoms with Crippen molar-refractivity contribution in [3.63, 3.8) is 0 Å². The number of nitrogens with one attached hydrogen (secondary N) is 1. The molecule has 3 heterocycles. The zero-order valence-electron chi connectivity index (χ0n) is 12.0. The summed E-state index contributed by atoms with van der Waals surface area (Å²) in [5.41, 5.74) is 5.37. The number of H-pyrrole nitrogens is 1. The molecule has 0 aliphatic carbocycles. The highest BCUT2D eigenvalue weighted by Crippen LogP contribution is 2.42. The van der Waals surface area contributed by atoms with Gasteiger partial charge >= 0.3 is 0 Å². The van der Waals surface area contributed by atoms with Gasteiger partial charge in [-0.05, 0) is 12.1 Å². The van der Waals surface area contributed by atoms with E-state index in [1.54, 1.807) is 0 Å². The molecule has 1 N–H and O–H groups in total. The molecule has 0 saturated carbocycles. The molecule has 0 fully saturated rings. The molecule has 6 rings (SSSR count). The fraction of sp³-hybridized carbons (Fsp3) is 0. The number of aromatic nitrogens is 2. The summed E-state index contributed by atoms with van der Waals surface area (Å²) >= 11 is 0. The van der Waals surface area contributed by atoms with E-state index in [1.807, 2.05) is 30.3 Å². The van der Waals surface area contributed by atoms with Crippen molar-refractivity contribution in [1.29, 1.82) is 0 Å². The smallest absolute Gasteiger partial charge is 0.182 e. The number of nitrogens with zero attached hydrogens (tertiary/aromatic N) is 1. The number of hydrogen-bond donors (Lipinski definition) is 1. The molecular formula is C19H10N2O2. The molecule has 0 radical (unpaired) electrons. The van der Waals surface area contributed by atoms with E-state index < -0.39 is 0 Å². The van der Waals surface area contributed by atoms with E-state index in [1.165, 1.54) is 6.39 Å². The molecule has 0 unspecified atom stereocenters. The number of rotatable bonds is 0. The third-order valence-electron chi connectivity index (χ3n) is 4.56. The van der Waals surface area contributed by atoms with Crippen LogP contribution in [0.15, 0.2) is 63.8 Å². The molecule has 4 nitrogen and oxygen atoms in total. The van der Waals surface area contributed by atoms with Crippen molar-refractivity contribution in [3.8, 4) is 0 Å². The van der Waals surface area contributed by atoms with Gasteiger partial charge in [0.2, 0.25) is 0 Å². The van der Waals surface area contributed by atoms with Crippen LogP contribution in [0.25, 0.3) is 54.8 Å². The molecule has 6 aromatic rings. The van der Waals surface area contributed by atoms with Crippen molar-refractivity contribution in [2.24, 2.45) is 0 Å². The Labute approximate surface area is 129 Å². The Morgan fingerprint density at radius 3 is 2.61 bits per heavy atom. The van der Waals surface area contributed by atoms with Crippen LogP contribution in [0.4, 0.5) is 0 Å². The highest BCUT2D eigenvalue weighted by atomic mass is 16.3. The lowest BCUT2D eigenvalue weighted by atomic mass is 10.1. The summed E-state index contributed by atoms with van der Waals surface area (Å²) in [7, 11) is 0. The Kier molecular flexibility index (Phi) is 1.84. The van der Waals surface area contributed by atoms with E-state index in [2.05, 4.69) is 28.2 Å². The minimum Gasteiger partial charge on any atom is -0.454 e. The summed E-state index contributed by atoms with van der Waals surface area (Å²) in [6.07, 6.45) is 1.51. The minimum absolute atomic E-state index is 0.802. The second-order valence-corrected chi connectivity index (χ2v) is 5.75. The maximum absolute atomic E-state index is 6.16. The highest BCUT2D eigenvalue weighted by Gasteiger charge is 2.21. The van der Waals surface area contributed by atoms with Gasteiger partial charge in [-0.1, -0.05) is 36.4 Å². The van der Waals surface area contributed by atoms with Crippen LogP contribution in [0.5, 0.6) is 0 Å². The summed E-state index contributed by atoms with van der Waals surface area (Å²) in [6, 6.07) is 16.2. The summed E-state index contributed by atoms with van der Waals surface area (Å²) in [6.45, 7) is 0.